The van der Waals surface area contributed by atoms with Crippen LogP contribution >= 0.6 is 0 Å². The molecule has 94 valence electrons. The molecular weight excluding hydrogens is 238 g/mol. The molecule has 0 radical (unpaired) electrons. The number of fused-ring (bicyclic) bond motifs is 1. The fraction of sp³-hybridized carbons (Fsp3) is 0.125. The van der Waals surface area contributed by atoms with E-state index in [2.05, 4.69) is 4.98 Å². The SMILES string of the molecule is O=C(CCc1ccco1)c1cccc2cnccc12. The van der Waals surface area contributed by atoms with Crippen molar-refractivity contribution in [3.05, 3.63) is 66.4 Å². The number of aryl methyl sites for hydroxylation is 1. The van der Waals surface area contributed by atoms with Gasteiger partial charge in [0.2, 0.25) is 0 Å². The van der Waals surface area contributed by atoms with Crippen LogP contribution in [0.1, 0.15) is 22.5 Å². The summed E-state index contributed by atoms with van der Waals surface area (Å²) in [5.41, 5.74) is 0.756. The van der Waals surface area contributed by atoms with Crippen molar-refractivity contribution >= 4 is 16.6 Å². The minimum absolute atomic E-state index is 0.133. The van der Waals surface area contributed by atoms with Gasteiger partial charge in [-0.1, -0.05) is 18.2 Å². The van der Waals surface area contributed by atoms with Gasteiger partial charge in [-0.15, -0.1) is 0 Å². The molecule has 3 heteroatoms. The molecular formula is C16H13NO2. The van der Waals surface area contributed by atoms with E-state index in [0.29, 0.717) is 12.8 Å². The second-order valence-electron chi connectivity index (χ2n) is 4.40. The van der Waals surface area contributed by atoms with Crippen LogP contribution in [-0.4, -0.2) is 10.8 Å². The van der Waals surface area contributed by atoms with Crippen LogP contribution in [0.3, 0.4) is 0 Å². The third kappa shape index (κ3) is 2.40. The highest BCUT2D eigenvalue weighted by Gasteiger charge is 2.10. The topological polar surface area (TPSA) is 43.1 Å². The molecule has 0 aliphatic rings. The molecule has 19 heavy (non-hydrogen) atoms. The van der Waals surface area contributed by atoms with Gasteiger partial charge < -0.3 is 4.42 Å². The molecule has 0 saturated heterocycles. The predicted octanol–water partition coefficient (Wildman–Crippen LogP) is 3.64. The van der Waals surface area contributed by atoms with Crippen molar-refractivity contribution in [3.8, 4) is 0 Å². The Kier molecular flexibility index (Phi) is 3.11. The molecule has 0 atom stereocenters. The highest BCUT2D eigenvalue weighted by molar-refractivity contribution is 6.07. The third-order valence-electron chi connectivity index (χ3n) is 3.16. The van der Waals surface area contributed by atoms with E-state index in [-0.39, 0.29) is 5.78 Å². The molecule has 2 aromatic heterocycles. The Hall–Kier alpha value is -2.42. The van der Waals surface area contributed by atoms with Crippen LogP contribution in [0, 0.1) is 0 Å². The van der Waals surface area contributed by atoms with Crippen LogP contribution < -0.4 is 0 Å². The van der Waals surface area contributed by atoms with Gasteiger partial charge in [0.1, 0.15) is 5.76 Å². The van der Waals surface area contributed by atoms with E-state index in [1.807, 2.05) is 36.4 Å². The van der Waals surface area contributed by atoms with Gasteiger partial charge in [-0.3, -0.25) is 9.78 Å². The van der Waals surface area contributed by atoms with Crippen LogP contribution in [0.5, 0.6) is 0 Å². The van der Waals surface area contributed by atoms with E-state index in [4.69, 9.17) is 4.42 Å². The Morgan fingerprint density at radius 1 is 1.16 bits per heavy atom. The molecule has 0 amide bonds. The summed E-state index contributed by atoms with van der Waals surface area (Å²) in [6.07, 6.45) is 6.20. The first kappa shape index (κ1) is 11.7. The Morgan fingerprint density at radius 3 is 2.95 bits per heavy atom. The molecule has 1 aromatic carbocycles. The zero-order chi connectivity index (χ0) is 13.1. The maximum Gasteiger partial charge on any atom is 0.163 e. The molecule has 0 aliphatic heterocycles. The normalized spacial score (nSPS) is 10.7. The van der Waals surface area contributed by atoms with Gasteiger partial charge in [-0.2, -0.15) is 0 Å². The lowest BCUT2D eigenvalue weighted by molar-refractivity contribution is 0.0982. The lowest BCUT2D eigenvalue weighted by Crippen LogP contribution is -2.01. The fourth-order valence-corrected chi connectivity index (χ4v) is 2.19. The van der Waals surface area contributed by atoms with Crippen LogP contribution in [0.2, 0.25) is 0 Å². The van der Waals surface area contributed by atoms with Gasteiger partial charge >= 0.3 is 0 Å². The number of carbonyl (C=O) groups excluding carboxylic acids is 1. The number of hydrogen-bond donors (Lipinski definition) is 0. The number of carbonyl (C=O) groups is 1. The third-order valence-corrected chi connectivity index (χ3v) is 3.16. The average molecular weight is 251 g/mol. The second-order valence-corrected chi connectivity index (χ2v) is 4.40. The first-order valence-corrected chi connectivity index (χ1v) is 6.23. The summed E-state index contributed by atoms with van der Waals surface area (Å²) in [4.78, 5) is 16.4. The number of ketones is 1. The van der Waals surface area contributed by atoms with E-state index in [0.717, 1.165) is 22.1 Å². The van der Waals surface area contributed by atoms with Crippen molar-refractivity contribution in [2.75, 3.05) is 0 Å². The molecule has 0 spiro atoms. The monoisotopic (exact) mass is 251 g/mol. The van der Waals surface area contributed by atoms with Gasteiger partial charge in [0.05, 0.1) is 6.26 Å². The highest BCUT2D eigenvalue weighted by Crippen LogP contribution is 2.19. The average Bonchev–Trinajstić information content (AvgIpc) is 2.97. The van der Waals surface area contributed by atoms with E-state index in [1.54, 1.807) is 18.7 Å². The summed E-state index contributed by atoms with van der Waals surface area (Å²) in [5.74, 6) is 0.975. The van der Waals surface area contributed by atoms with Crippen molar-refractivity contribution in [2.24, 2.45) is 0 Å². The van der Waals surface area contributed by atoms with E-state index >= 15 is 0 Å². The van der Waals surface area contributed by atoms with Gasteiger partial charge in [0.25, 0.3) is 0 Å². The molecule has 0 aliphatic carbocycles. The van der Waals surface area contributed by atoms with Crippen molar-refractivity contribution in [2.45, 2.75) is 12.8 Å². The Bertz CT molecular complexity index is 696. The largest absolute Gasteiger partial charge is 0.469 e. The number of nitrogens with zero attached hydrogens (tertiary/aromatic N) is 1. The standard InChI is InChI=1S/C16H13NO2/c18-16(7-6-13-4-2-10-19-13)15-5-1-3-12-11-17-9-8-14(12)15/h1-5,8-11H,6-7H2. The van der Waals surface area contributed by atoms with E-state index in [1.165, 1.54) is 0 Å². The van der Waals surface area contributed by atoms with Crippen molar-refractivity contribution in [1.82, 2.24) is 4.98 Å². The van der Waals surface area contributed by atoms with E-state index < -0.39 is 0 Å². The Morgan fingerprint density at radius 2 is 2.11 bits per heavy atom. The maximum absolute atomic E-state index is 12.3. The number of hydrogen-bond acceptors (Lipinski definition) is 3. The Labute approximate surface area is 110 Å². The molecule has 0 N–H and O–H groups in total. The zero-order valence-electron chi connectivity index (χ0n) is 10.4. The highest BCUT2D eigenvalue weighted by atomic mass is 16.3. The summed E-state index contributed by atoms with van der Waals surface area (Å²) in [7, 11) is 0. The van der Waals surface area contributed by atoms with Crippen molar-refractivity contribution in [3.63, 3.8) is 0 Å². The quantitative estimate of drug-likeness (QED) is 0.665. The van der Waals surface area contributed by atoms with Gasteiger partial charge in [0.15, 0.2) is 5.78 Å². The summed E-state index contributed by atoms with van der Waals surface area (Å²) < 4.78 is 5.25. The van der Waals surface area contributed by atoms with Crippen molar-refractivity contribution in [1.29, 1.82) is 0 Å². The first-order chi connectivity index (χ1) is 9.34. The number of benzene rings is 1. The number of pyridine rings is 1. The van der Waals surface area contributed by atoms with Crippen LogP contribution in [0.15, 0.2) is 59.5 Å². The lowest BCUT2D eigenvalue weighted by Gasteiger charge is -2.04. The molecule has 0 bridgehead atoms. The molecule has 2 heterocycles. The molecule has 3 nitrogen and oxygen atoms in total. The van der Waals surface area contributed by atoms with Gasteiger partial charge in [-0.25, -0.2) is 0 Å². The molecule has 0 fully saturated rings. The lowest BCUT2D eigenvalue weighted by atomic mass is 10.00. The first-order valence-electron chi connectivity index (χ1n) is 6.23. The van der Waals surface area contributed by atoms with Crippen LogP contribution in [-0.2, 0) is 6.42 Å². The molecule has 3 aromatic rings. The predicted molar refractivity (Wildman–Crippen MR) is 73.1 cm³/mol. The van der Waals surface area contributed by atoms with E-state index in [9.17, 15) is 4.79 Å². The summed E-state index contributed by atoms with van der Waals surface area (Å²) in [5, 5.41) is 1.95. The number of furan rings is 1. The summed E-state index contributed by atoms with van der Waals surface area (Å²) in [6, 6.07) is 11.3. The molecule has 0 unspecified atom stereocenters. The summed E-state index contributed by atoms with van der Waals surface area (Å²) >= 11 is 0. The van der Waals surface area contributed by atoms with Gasteiger partial charge in [0, 0.05) is 36.2 Å². The number of aromatic nitrogens is 1. The van der Waals surface area contributed by atoms with Crippen LogP contribution in [0.25, 0.3) is 10.8 Å². The molecule has 3 rings (SSSR count). The minimum Gasteiger partial charge on any atom is -0.469 e. The van der Waals surface area contributed by atoms with Crippen LogP contribution in [0.4, 0.5) is 0 Å². The molecule has 0 saturated carbocycles. The summed E-state index contributed by atoms with van der Waals surface area (Å²) in [6.45, 7) is 0. The van der Waals surface area contributed by atoms with Gasteiger partial charge in [-0.05, 0) is 23.6 Å². The second kappa shape index (κ2) is 5.06. The smallest absolute Gasteiger partial charge is 0.163 e. The number of Topliss-reactive ketones (excluding diaryl/α,β-unsaturated/α-hetero) is 1. The minimum atomic E-state index is 0.133. The Balaban J connectivity index is 1.85. The fourth-order valence-electron chi connectivity index (χ4n) is 2.19. The number of rotatable bonds is 4. The van der Waals surface area contributed by atoms with Crippen molar-refractivity contribution < 1.29 is 9.21 Å². The maximum atomic E-state index is 12.3. The zero-order valence-corrected chi connectivity index (χ0v) is 10.4.